The highest BCUT2D eigenvalue weighted by molar-refractivity contribution is 6.07. The molecule has 2 amide bonds. The lowest BCUT2D eigenvalue weighted by Gasteiger charge is -2.33. The van der Waals surface area contributed by atoms with Crippen LogP contribution in [0.25, 0.3) is 0 Å². The first-order valence-electron chi connectivity index (χ1n) is 10.2. The molecule has 0 bridgehead atoms. The molecule has 2 aromatic heterocycles. The van der Waals surface area contributed by atoms with Crippen LogP contribution in [0.4, 0.5) is 5.69 Å². The molecule has 0 saturated carbocycles. The van der Waals surface area contributed by atoms with Crippen LogP contribution in [0.15, 0.2) is 43.0 Å². The minimum Gasteiger partial charge on any atom is -0.483 e. The van der Waals surface area contributed by atoms with Gasteiger partial charge in [0, 0.05) is 36.7 Å². The molecule has 0 radical (unpaired) electrons. The highest BCUT2D eigenvalue weighted by atomic mass is 16.3. The predicted molar refractivity (Wildman–Crippen MR) is 115 cm³/mol. The molecule has 2 atom stereocenters. The van der Waals surface area contributed by atoms with Gasteiger partial charge in [-0.3, -0.25) is 19.1 Å². The minimum absolute atomic E-state index is 0.0388. The van der Waals surface area contributed by atoms with Crippen LogP contribution in [0, 0.1) is 6.92 Å². The Hall–Kier alpha value is -3.95. The molecule has 2 aliphatic heterocycles. The van der Waals surface area contributed by atoms with Crippen LogP contribution in [0.5, 0.6) is 0 Å². The number of aromatic nitrogens is 4. The number of H-pyrrole nitrogens is 1. The molecule has 32 heavy (non-hydrogen) atoms. The predicted octanol–water partition coefficient (Wildman–Crippen LogP) is 1.56. The average molecular weight is 436 g/mol. The van der Waals surface area contributed by atoms with Gasteiger partial charge in [0.05, 0.1) is 30.7 Å². The van der Waals surface area contributed by atoms with Crippen molar-refractivity contribution >= 4 is 24.0 Å². The molecule has 5 rings (SSSR count). The van der Waals surface area contributed by atoms with Crippen LogP contribution >= 0.6 is 0 Å². The third-order valence-electron chi connectivity index (χ3n) is 6.20. The monoisotopic (exact) mass is 436 g/mol. The Bertz CT molecular complexity index is 1170. The number of rotatable bonds is 3. The van der Waals surface area contributed by atoms with E-state index in [2.05, 4.69) is 20.4 Å². The van der Waals surface area contributed by atoms with Crippen LogP contribution in [0.2, 0.25) is 0 Å². The number of fused-ring (bicyclic) bond motifs is 2. The molecule has 2 aliphatic rings. The van der Waals surface area contributed by atoms with Crippen molar-refractivity contribution < 1.29 is 19.5 Å². The van der Waals surface area contributed by atoms with E-state index < -0.39 is 11.5 Å². The molecule has 1 fully saturated rings. The number of hydrogen-bond acceptors (Lipinski definition) is 5. The second kappa shape index (κ2) is 8.29. The van der Waals surface area contributed by atoms with Gasteiger partial charge in [0.1, 0.15) is 5.41 Å². The number of aromatic amines is 1. The summed E-state index contributed by atoms with van der Waals surface area (Å²) < 4.78 is 1.71. The normalized spacial score (nSPS) is 21.1. The number of nitrogens with zero attached hydrogens (tertiary/aromatic N) is 4. The molecule has 1 spiro atoms. The van der Waals surface area contributed by atoms with E-state index in [4.69, 9.17) is 9.90 Å². The van der Waals surface area contributed by atoms with Gasteiger partial charge in [-0.2, -0.15) is 5.10 Å². The second-order valence-corrected chi connectivity index (χ2v) is 7.91. The minimum atomic E-state index is -0.810. The summed E-state index contributed by atoms with van der Waals surface area (Å²) >= 11 is 0. The molecule has 3 N–H and O–H groups in total. The number of hydrogen-bond donors (Lipinski definition) is 3. The standard InChI is InChI=1S/C21H22N6O2.CH2O2/c1-13-17(23-12-22-13)9-18(28)27-8-7-21(19(27)14-10-24-26(2)11-14)15-5-3-4-6-16(15)25-20(21)29;2-1-3/h3-6,10-12,19H,7-9H2,1-2H3,(H,22,23)(H,25,29);1H,(H,2,3)/t19-,21+;/m0./s1. The van der Waals surface area contributed by atoms with Crippen LogP contribution in [0.3, 0.4) is 0 Å². The Morgan fingerprint density at radius 2 is 2.12 bits per heavy atom. The molecule has 4 heterocycles. The van der Waals surface area contributed by atoms with Gasteiger partial charge >= 0.3 is 0 Å². The third-order valence-corrected chi connectivity index (χ3v) is 6.20. The van der Waals surface area contributed by atoms with Crippen LogP contribution < -0.4 is 5.32 Å². The van der Waals surface area contributed by atoms with Crippen molar-refractivity contribution in [3.05, 3.63) is 65.5 Å². The van der Waals surface area contributed by atoms with Gasteiger partial charge in [-0.05, 0) is 25.0 Å². The first-order chi connectivity index (χ1) is 15.4. The third kappa shape index (κ3) is 3.33. The fourth-order valence-corrected chi connectivity index (χ4v) is 4.81. The van der Waals surface area contributed by atoms with E-state index in [0.29, 0.717) is 13.0 Å². The van der Waals surface area contributed by atoms with Crippen molar-refractivity contribution in [2.24, 2.45) is 7.05 Å². The maximum Gasteiger partial charge on any atom is 0.290 e. The topological polar surface area (TPSA) is 133 Å². The van der Waals surface area contributed by atoms with Crippen LogP contribution in [0.1, 0.15) is 35.0 Å². The summed E-state index contributed by atoms with van der Waals surface area (Å²) in [6.07, 6.45) is 6.02. The summed E-state index contributed by atoms with van der Waals surface area (Å²) in [5.41, 5.74) is 3.44. The maximum atomic E-state index is 13.3. The highest BCUT2D eigenvalue weighted by Crippen LogP contribution is 2.54. The van der Waals surface area contributed by atoms with Crippen molar-refractivity contribution in [3.8, 4) is 0 Å². The van der Waals surface area contributed by atoms with E-state index in [1.165, 1.54) is 0 Å². The first-order valence-corrected chi connectivity index (χ1v) is 10.2. The lowest BCUT2D eigenvalue weighted by Crippen LogP contribution is -2.43. The number of carbonyl (C=O) groups is 3. The fraction of sp³-hybridized carbons (Fsp3) is 0.318. The number of nitrogens with one attached hydrogen (secondary N) is 2. The molecule has 3 aromatic rings. The Balaban J connectivity index is 0.000000775. The molecule has 0 aliphatic carbocycles. The quantitative estimate of drug-likeness (QED) is 0.534. The SMILES string of the molecule is Cc1[nH]cnc1CC(=O)N1CC[C@]2(C(=O)Nc3ccccc32)[C@@H]1c1cnn(C)c1.O=CO. The summed E-state index contributed by atoms with van der Waals surface area (Å²) in [6, 6.07) is 7.35. The Kier molecular flexibility index (Phi) is 5.52. The molecular formula is C22H24N6O4. The summed E-state index contributed by atoms with van der Waals surface area (Å²) in [7, 11) is 1.84. The number of likely N-dealkylation sites (tertiary alicyclic amines) is 1. The molecule has 10 nitrogen and oxygen atoms in total. The zero-order chi connectivity index (χ0) is 22.9. The number of carboxylic acid groups (broad SMARTS) is 1. The van der Waals surface area contributed by atoms with Gasteiger partial charge in [0.2, 0.25) is 11.8 Å². The number of anilines is 1. The summed E-state index contributed by atoms with van der Waals surface area (Å²) in [6.45, 7) is 2.16. The number of benzene rings is 1. The van der Waals surface area contributed by atoms with E-state index in [1.54, 1.807) is 17.2 Å². The largest absolute Gasteiger partial charge is 0.483 e. The van der Waals surface area contributed by atoms with Crippen molar-refractivity contribution in [1.29, 1.82) is 0 Å². The van der Waals surface area contributed by atoms with Crippen molar-refractivity contribution in [3.63, 3.8) is 0 Å². The highest BCUT2D eigenvalue weighted by Gasteiger charge is 2.59. The number of amides is 2. The molecule has 166 valence electrons. The molecule has 1 saturated heterocycles. The van der Waals surface area contributed by atoms with E-state index in [-0.39, 0.29) is 24.7 Å². The molecule has 10 heteroatoms. The maximum absolute atomic E-state index is 13.3. The number of carbonyl (C=O) groups excluding carboxylic acids is 2. The number of para-hydroxylation sites is 1. The lowest BCUT2D eigenvalue weighted by atomic mass is 9.73. The summed E-state index contributed by atoms with van der Waals surface area (Å²) in [5, 5.41) is 14.2. The zero-order valence-electron chi connectivity index (χ0n) is 17.8. The molecule has 0 unspecified atom stereocenters. The number of aryl methyl sites for hydroxylation is 2. The lowest BCUT2D eigenvalue weighted by molar-refractivity contribution is -0.133. The molecular weight excluding hydrogens is 412 g/mol. The van der Waals surface area contributed by atoms with Gasteiger partial charge < -0.3 is 20.3 Å². The Morgan fingerprint density at radius 1 is 1.38 bits per heavy atom. The van der Waals surface area contributed by atoms with Gasteiger partial charge in [-0.1, -0.05) is 18.2 Å². The smallest absolute Gasteiger partial charge is 0.290 e. The van der Waals surface area contributed by atoms with E-state index in [0.717, 1.165) is 28.2 Å². The first kappa shape index (κ1) is 21.3. The van der Waals surface area contributed by atoms with Crippen LogP contribution in [-0.4, -0.2) is 54.6 Å². The Labute approximate surface area is 184 Å². The molecule has 1 aromatic carbocycles. The van der Waals surface area contributed by atoms with E-state index >= 15 is 0 Å². The van der Waals surface area contributed by atoms with Gasteiger partial charge in [-0.25, -0.2) is 4.98 Å². The van der Waals surface area contributed by atoms with E-state index in [9.17, 15) is 9.59 Å². The second-order valence-electron chi connectivity index (χ2n) is 7.91. The van der Waals surface area contributed by atoms with E-state index in [1.807, 2.05) is 49.3 Å². The summed E-state index contributed by atoms with van der Waals surface area (Å²) in [4.78, 5) is 44.1. The van der Waals surface area contributed by atoms with Crippen molar-refractivity contribution in [1.82, 2.24) is 24.6 Å². The van der Waals surface area contributed by atoms with Crippen molar-refractivity contribution in [2.45, 2.75) is 31.2 Å². The fourth-order valence-electron chi connectivity index (χ4n) is 4.81. The Morgan fingerprint density at radius 3 is 2.78 bits per heavy atom. The van der Waals surface area contributed by atoms with Gasteiger partial charge in [0.25, 0.3) is 6.47 Å². The zero-order valence-corrected chi connectivity index (χ0v) is 17.8. The average Bonchev–Trinajstić information content (AvgIpc) is 3.52. The van der Waals surface area contributed by atoms with Crippen LogP contribution in [-0.2, 0) is 33.3 Å². The summed E-state index contributed by atoms with van der Waals surface area (Å²) in [5.74, 6) is -0.0955. The number of imidazole rings is 1. The van der Waals surface area contributed by atoms with Crippen molar-refractivity contribution in [2.75, 3.05) is 11.9 Å². The van der Waals surface area contributed by atoms with Gasteiger partial charge in [-0.15, -0.1) is 0 Å². The van der Waals surface area contributed by atoms with Gasteiger partial charge in [0.15, 0.2) is 0 Å².